The number of nitrogens with zero attached hydrogens (tertiary/aromatic N) is 4. The molecule has 0 bridgehead atoms. The molecule has 96 heavy (non-hydrogen) atoms. The molecule has 2 fully saturated rings. The van der Waals surface area contributed by atoms with E-state index in [1.165, 1.54) is 138 Å². The first-order chi connectivity index (χ1) is 45.8. The maximum atomic E-state index is 5.17. The topological polar surface area (TPSA) is 70.0 Å². The van der Waals surface area contributed by atoms with Crippen molar-refractivity contribution >= 4 is 32.3 Å². The highest BCUT2D eigenvalue weighted by Crippen LogP contribution is 2.33. The number of ether oxygens (including phenoxy) is 2. The maximum absolute atomic E-state index is 5.17. The fourth-order valence-electron chi connectivity index (χ4n) is 11.3. The number of aromatic nitrogens is 4. The molecule has 0 radical (unpaired) electrons. The Labute approximate surface area is 580 Å². The molecule has 1 aliphatic heterocycles. The number of rotatable bonds is 0. The van der Waals surface area contributed by atoms with E-state index < -0.39 is 0 Å². The molecule has 1 saturated carbocycles. The summed E-state index contributed by atoms with van der Waals surface area (Å²) in [6.07, 6.45) is 13.6. The van der Waals surface area contributed by atoms with Crippen LogP contribution in [-0.2, 0) is 15.9 Å². The predicted octanol–water partition coefficient (Wildman–Crippen LogP) is 24.4. The number of hydrogen-bond acceptors (Lipinski definition) is 6. The van der Waals surface area contributed by atoms with Gasteiger partial charge in [-0.25, -0.2) is 9.97 Å². The third kappa shape index (κ3) is 29.0. The van der Waals surface area contributed by atoms with Gasteiger partial charge in [0.2, 0.25) is 0 Å². The summed E-state index contributed by atoms with van der Waals surface area (Å²) >= 11 is 0. The molecule has 3 heterocycles. The van der Waals surface area contributed by atoms with Gasteiger partial charge in [-0.2, -0.15) is 10.2 Å². The van der Waals surface area contributed by atoms with Gasteiger partial charge in [0.25, 0.3) is 0 Å². The van der Waals surface area contributed by atoms with Crippen molar-refractivity contribution in [3.05, 3.63) is 296 Å². The largest absolute Gasteiger partial charge is 0.353 e. The van der Waals surface area contributed by atoms with E-state index in [0.717, 1.165) is 53.7 Å². The summed E-state index contributed by atoms with van der Waals surface area (Å²) in [5, 5.41) is 15.8. The molecule has 0 amide bonds. The minimum Gasteiger partial charge on any atom is -0.353 e. The van der Waals surface area contributed by atoms with Gasteiger partial charge in [-0.05, 0) is 237 Å². The first kappa shape index (κ1) is 78.5. The lowest BCUT2D eigenvalue weighted by molar-refractivity contribution is -0.187. The lowest BCUT2D eigenvalue weighted by atomic mass is 9.82. The van der Waals surface area contributed by atoms with E-state index in [2.05, 4.69) is 300 Å². The second-order valence-electron chi connectivity index (χ2n) is 27.4. The normalized spacial score (nSPS) is 16.4. The molecule has 0 spiro atoms. The van der Waals surface area contributed by atoms with Crippen LogP contribution in [0.2, 0.25) is 0 Å². The first-order valence-corrected chi connectivity index (χ1v) is 35.1. The molecule has 9 aromatic carbocycles. The third-order valence-electron chi connectivity index (χ3n) is 17.7. The first-order valence-electron chi connectivity index (χ1n) is 35.1. The van der Waals surface area contributed by atoms with Crippen molar-refractivity contribution in [1.82, 2.24) is 20.2 Å². The summed E-state index contributed by atoms with van der Waals surface area (Å²) in [4.78, 5) is 7.94. The predicted molar refractivity (Wildman–Crippen MR) is 415 cm³/mol. The highest BCUT2D eigenvalue weighted by molar-refractivity contribution is 5.89. The van der Waals surface area contributed by atoms with Gasteiger partial charge in [0.05, 0.1) is 24.6 Å². The van der Waals surface area contributed by atoms with E-state index in [0.29, 0.717) is 5.92 Å². The summed E-state index contributed by atoms with van der Waals surface area (Å²) in [5.41, 5.74) is 21.1. The summed E-state index contributed by atoms with van der Waals surface area (Å²) in [6, 6.07) is 66.5. The van der Waals surface area contributed by atoms with Crippen LogP contribution in [0.5, 0.6) is 0 Å². The molecule has 508 valence electrons. The van der Waals surface area contributed by atoms with Crippen molar-refractivity contribution in [3.8, 4) is 0 Å². The number of fused-ring (bicyclic) bond motifs is 4. The zero-order valence-electron chi connectivity index (χ0n) is 62.4. The Hall–Kier alpha value is -8.16. The Morgan fingerprint density at radius 1 is 0.323 bits per heavy atom. The zero-order valence-corrected chi connectivity index (χ0v) is 62.4. The van der Waals surface area contributed by atoms with Crippen LogP contribution < -0.4 is 0 Å². The second-order valence-corrected chi connectivity index (χ2v) is 27.4. The third-order valence-corrected chi connectivity index (χ3v) is 17.7. The van der Waals surface area contributed by atoms with Crippen molar-refractivity contribution in [3.63, 3.8) is 0 Å². The van der Waals surface area contributed by atoms with Crippen molar-refractivity contribution in [2.75, 3.05) is 13.2 Å². The van der Waals surface area contributed by atoms with E-state index in [-0.39, 0.29) is 6.29 Å². The molecule has 6 heteroatoms. The molecule has 1 saturated heterocycles. The average Bonchev–Trinajstić information content (AvgIpc) is 0.874. The molecule has 2 aliphatic carbocycles. The minimum atomic E-state index is 0.0196. The molecule has 6 nitrogen and oxygen atoms in total. The van der Waals surface area contributed by atoms with Gasteiger partial charge in [-0.1, -0.05) is 263 Å². The lowest BCUT2D eigenvalue weighted by Crippen LogP contribution is -2.27. The molecule has 14 rings (SSSR count). The molecule has 3 aliphatic rings. The Morgan fingerprint density at radius 2 is 0.677 bits per heavy atom. The van der Waals surface area contributed by atoms with E-state index in [1.807, 2.05) is 59.1 Å². The zero-order chi connectivity index (χ0) is 70.1. The summed E-state index contributed by atoms with van der Waals surface area (Å²) in [7, 11) is 0. The molecule has 1 atom stereocenters. The van der Waals surface area contributed by atoms with E-state index >= 15 is 0 Å². The van der Waals surface area contributed by atoms with Gasteiger partial charge in [0, 0.05) is 18.3 Å². The second kappa shape index (κ2) is 41.7. The van der Waals surface area contributed by atoms with E-state index in [4.69, 9.17) is 9.47 Å². The van der Waals surface area contributed by atoms with Crippen LogP contribution in [0.3, 0.4) is 0 Å². The maximum Gasteiger partial charge on any atom is 0.154 e. The van der Waals surface area contributed by atoms with E-state index in [9.17, 15) is 0 Å². The Balaban J connectivity index is 0.000000194. The fourth-order valence-corrected chi connectivity index (χ4v) is 11.3. The highest BCUT2D eigenvalue weighted by atomic mass is 16.7. The highest BCUT2D eigenvalue weighted by Gasteiger charge is 2.17. The summed E-state index contributed by atoms with van der Waals surface area (Å²) in [6.45, 7) is 44.0. The van der Waals surface area contributed by atoms with Crippen molar-refractivity contribution in [2.45, 2.75) is 196 Å². The minimum absolute atomic E-state index is 0.0196. The lowest BCUT2D eigenvalue weighted by Gasteiger charge is -2.24. The van der Waals surface area contributed by atoms with Crippen molar-refractivity contribution in [2.24, 2.45) is 17.8 Å². The Bertz CT molecular complexity index is 3530. The van der Waals surface area contributed by atoms with Crippen LogP contribution in [0.4, 0.5) is 0 Å². The molecular weight excluding hydrogens is 1170 g/mol. The number of hydrogen-bond donors (Lipinski definition) is 0. The van der Waals surface area contributed by atoms with Crippen LogP contribution in [0.1, 0.15) is 174 Å². The fraction of sp³-hybridized carbons (Fsp3) is 0.378. The van der Waals surface area contributed by atoms with Gasteiger partial charge < -0.3 is 9.47 Å². The van der Waals surface area contributed by atoms with Crippen LogP contribution in [0.15, 0.2) is 200 Å². The SMILES string of the molecule is CC1CCC(C)CC1.CC1COC(C)OC1.Cc1ccc(C)c2ccccc12.Cc1ccc(C)cc1.Cc1ccc(C)cc1.Cc1ccc(C)nn1.Cc1ccc2cc(C)ccc2c1.Cc1cccc2c(C)cccc12.Cc1cccc2c1CCCC2C.Cc1cnc(C)nc1. The van der Waals surface area contributed by atoms with Crippen LogP contribution in [0.25, 0.3) is 32.3 Å². The van der Waals surface area contributed by atoms with Crippen molar-refractivity contribution < 1.29 is 9.47 Å². The Morgan fingerprint density at radius 3 is 1.04 bits per heavy atom. The standard InChI is InChI=1S/C12H12.C12H16.2C12H12.C8H16.2C8H10.2C6H8N2.C6H12O2/c1-9-3-5-12-8-10(2)4-6-11(12)7-9;2*1-9-5-3-8-12-10(2)6-4-7-11(9)12;1-9-7-8-10(2)12-6-4-3-5-11(9)12;3*1-7-3-5-8(2)6-4-7;1-5-3-7-6(2)8-4-5;1-5-3-4-6(2)8-7-5;1-5-3-7-6(2)8-4-5/h3-8H,1-2H3;3,5,8,10H,4,6-7H2,1-2H3;2*3-8H,1-2H3;7-8H,3-6H2,1-2H3;2*3-6H,1-2H3;2*3-4H,1-2H3;5-6H,3-4H2,1-2H3. The van der Waals surface area contributed by atoms with Gasteiger partial charge in [0.15, 0.2) is 6.29 Å². The van der Waals surface area contributed by atoms with Gasteiger partial charge in [-0.15, -0.1) is 0 Å². The quantitative estimate of drug-likeness (QED) is 0.151. The Kier molecular flexibility index (Phi) is 34.1. The number of benzene rings is 9. The smallest absolute Gasteiger partial charge is 0.154 e. The van der Waals surface area contributed by atoms with Crippen LogP contribution >= 0.6 is 0 Å². The molecule has 1 unspecified atom stereocenters. The summed E-state index contributed by atoms with van der Waals surface area (Å²) in [5.74, 6) is 4.23. The molecule has 2 aromatic heterocycles. The monoisotopic (exact) mass is 1280 g/mol. The molecule has 11 aromatic rings. The summed E-state index contributed by atoms with van der Waals surface area (Å²) < 4.78 is 10.3. The average molecular weight is 1290 g/mol. The number of aryl methyl sites for hydroxylation is 15. The van der Waals surface area contributed by atoms with Gasteiger partial charge in [0.1, 0.15) is 5.82 Å². The van der Waals surface area contributed by atoms with Gasteiger partial charge in [-0.3, -0.25) is 0 Å². The van der Waals surface area contributed by atoms with Gasteiger partial charge >= 0.3 is 0 Å². The van der Waals surface area contributed by atoms with Crippen LogP contribution in [-0.4, -0.2) is 39.7 Å². The van der Waals surface area contributed by atoms with E-state index in [1.54, 1.807) is 11.1 Å². The molecule has 0 N–H and O–H groups in total. The molecular formula is C90H116N4O2. The van der Waals surface area contributed by atoms with Crippen molar-refractivity contribution in [1.29, 1.82) is 0 Å². The van der Waals surface area contributed by atoms with Crippen LogP contribution in [0, 0.1) is 122 Å².